The smallest absolute Gasteiger partial charge is 0.191 e. The molecular formula is C20H34N4O4. The number of hydrogen-bond acceptors (Lipinski definition) is 6. The second kappa shape index (κ2) is 12.3. The molecule has 0 aliphatic carbocycles. The highest BCUT2D eigenvalue weighted by atomic mass is 16.5. The lowest BCUT2D eigenvalue weighted by atomic mass is 10.1. The number of morpholine rings is 1. The fourth-order valence-corrected chi connectivity index (χ4v) is 3.07. The SMILES string of the molecule is CCNC(=NCc1c(OC)cc(OC)cc1OC)NCCCN1CCOCC1. The molecule has 0 aromatic heterocycles. The zero-order valence-electron chi connectivity index (χ0n) is 17.5. The molecule has 1 heterocycles. The summed E-state index contributed by atoms with van der Waals surface area (Å²) in [6.45, 7) is 8.93. The van der Waals surface area contributed by atoms with Crippen molar-refractivity contribution in [3.8, 4) is 17.2 Å². The van der Waals surface area contributed by atoms with Crippen molar-refractivity contribution >= 4 is 5.96 Å². The molecule has 0 amide bonds. The predicted molar refractivity (Wildman–Crippen MR) is 111 cm³/mol. The molecule has 2 N–H and O–H groups in total. The molecule has 1 fully saturated rings. The van der Waals surface area contributed by atoms with Crippen molar-refractivity contribution in [2.45, 2.75) is 19.9 Å². The van der Waals surface area contributed by atoms with Crippen LogP contribution in [-0.2, 0) is 11.3 Å². The van der Waals surface area contributed by atoms with Gasteiger partial charge in [-0.15, -0.1) is 0 Å². The van der Waals surface area contributed by atoms with Crippen LogP contribution in [-0.4, -0.2) is 78.1 Å². The van der Waals surface area contributed by atoms with Crippen LogP contribution in [0.25, 0.3) is 0 Å². The molecular weight excluding hydrogens is 360 g/mol. The average molecular weight is 395 g/mol. The maximum Gasteiger partial charge on any atom is 0.191 e. The van der Waals surface area contributed by atoms with Gasteiger partial charge in [-0.1, -0.05) is 0 Å². The minimum atomic E-state index is 0.440. The van der Waals surface area contributed by atoms with E-state index >= 15 is 0 Å². The maximum absolute atomic E-state index is 5.50. The van der Waals surface area contributed by atoms with Gasteiger partial charge < -0.3 is 29.6 Å². The van der Waals surface area contributed by atoms with Gasteiger partial charge in [-0.25, -0.2) is 4.99 Å². The number of hydrogen-bond donors (Lipinski definition) is 2. The van der Waals surface area contributed by atoms with Gasteiger partial charge in [0.15, 0.2) is 5.96 Å². The number of methoxy groups -OCH3 is 3. The van der Waals surface area contributed by atoms with E-state index in [0.717, 1.165) is 63.9 Å². The topological polar surface area (TPSA) is 76.6 Å². The Balaban J connectivity index is 1.95. The van der Waals surface area contributed by atoms with E-state index < -0.39 is 0 Å². The second-order valence-corrected chi connectivity index (χ2v) is 6.44. The Morgan fingerprint density at radius 3 is 2.32 bits per heavy atom. The molecule has 0 spiro atoms. The first-order valence-corrected chi connectivity index (χ1v) is 9.83. The zero-order chi connectivity index (χ0) is 20.2. The van der Waals surface area contributed by atoms with Crippen LogP contribution in [0, 0.1) is 0 Å². The van der Waals surface area contributed by atoms with Crippen molar-refractivity contribution < 1.29 is 18.9 Å². The standard InChI is InChI=1S/C20H34N4O4/c1-5-21-20(22-7-6-8-24-9-11-28-12-10-24)23-15-17-18(26-3)13-16(25-2)14-19(17)27-4/h13-14H,5-12,15H2,1-4H3,(H2,21,22,23). The number of guanidine groups is 1. The van der Waals surface area contributed by atoms with Gasteiger partial charge in [-0.05, 0) is 19.9 Å². The Bertz CT molecular complexity index is 593. The molecule has 1 saturated heterocycles. The summed E-state index contributed by atoms with van der Waals surface area (Å²) in [5, 5.41) is 6.69. The van der Waals surface area contributed by atoms with E-state index in [2.05, 4.69) is 22.5 Å². The molecule has 0 atom stereocenters. The van der Waals surface area contributed by atoms with Crippen molar-refractivity contribution in [3.63, 3.8) is 0 Å². The molecule has 0 bridgehead atoms. The lowest BCUT2D eigenvalue weighted by Gasteiger charge is -2.26. The lowest BCUT2D eigenvalue weighted by molar-refractivity contribution is 0.0376. The molecule has 28 heavy (non-hydrogen) atoms. The Hall–Kier alpha value is -2.19. The lowest BCUT2D eigenvalue weighted by Crippen LogP contribution is -2.40. The van der Waals surface area contributed by atoms with Crippen LogP contribution < -0.4 is 24.8 Å². The van der Waals surface area contributed by atoms with E-state index in [-0.39, 0.29) is 0 Å². The van der Waals surface area contributed by atoms with E-state index in [9.17, 15) is 0 Å². The van der Waals surface area contributed by atoms with Gasteiger partial charge in [0.05, 0.1) is 46.7 Å². The number of ether oxygens (including phenoxy) is 4. The van der Waals surface area contributed by atoms with Crippen LogP contribution in [0.3, 0.4) is 0 Å². The summed E-state index contributed by atoms with van der Waals surface area (Å²) in [4.78, 5) is 7.13. The van der Waals surface area contributed by atoms with Crippen molar-refractivity contribution in [3.05, 3.63) is 17.7 Å². The van der Waals surface area contributed by atoms with Gasteiger partial charge in [-0.2, -0.15) is 0 Å². The molecule has 2 rings (SSSR count). The number of aliphatic imine (C=N–C) groups is 1. The van der Waals surface area contributed by atoms with Gasteiger partial charge in [0.1, 0.15) is 17.2 Å². The van der Waals surface area contributed by atoms with Crippen LogP contribution >= 0.6 is 0 Å². The van der Waals surface area contributed by atoms with E-state index in [1.54, 1.807) is 21.3 Å². The highest BCUT2D eigenvalue weighted by molar-refractivity contribution is 5.79. The molecule has 0 saturated carbocycles. The number of benzene rings is 1. The number of nitrogens with one attached hydrogen (secondary N) is 2. The van der Waals surface area contributed by atoms with Crippen LogP contribution in [0.5, 0.6) is 17.2 Å². The molecule has 8 nitrogen and oxygen atoms in total. The summed E-state index contributed by atoms with van der Waals surface area (Å²) in [7, 11) is 4.89. The number of nitrogens with zero attached hydrogens (tertiary/aromatic N) is 2. The molecule has 1 aromatic rings. The Morgan fingerprint density at radius 1 is 1.07 bits per heavy atom. The summed E-state index contributed by atoms with van der Waals surface area (Å²) in [5.74, 6) is 2.87. The Morgan fingerprint density at radius 2 is 1.75 bits per heavy atom. The van der Waals surface area contributed by atoms with Crippen LogP contribution in [0.2, 0.25) is 0 Å². The fraction of sp³-hybridized carbons (Fsp3) is 0.650. The molecule has 0 radical (unpaired) electrons. The van der Waals surface area contributed by atoms with Crippen molar-refractivity contribution in [1.82, 2.24) is 15.5 Å². The summed E-state index contributed by atoms with van der Waals surface area (Å²) in [5.41, 5.74) is 0.885. The third-order valence-corrected chi connectivity index (χ3v) is 4.60. The van der Waals surface area contributed by atoms with Crippen molar-refractivity contribution in [2.24, 2.45) is 4.99 Å². The van der Waals surface area contributed by atoms with Gasteiger partial charge in [0.2, 0.25) is 0 Å². The predicted octanol–water partition coefficient (Wildman–Crippen LogP) is 1.49. The first-order valence-electron chi connectivity index (χ1n) is 9.83. The first-order chi connectivity index (χ1) is 13.7. The van der Waals surface area contributed by atoms with Crippen LogP contribution in [0.15, 0.2) is 17.1 Å². The monoisotopic (exact) mass is 394 g/mol. The summed E-state index contributed by atoms with van der Waals surface area (Å²) >= 11 is 0. The summed E-state index contributed by atoms with van der Waals surface area (Å²) < 4.78 is 21.7. The van der Waals surface area contributed by atoms with Gasteiger partial charge in [-0.3, -0.25) is 4.90 Å². The van der Waals surface area contributed by atoms with Gasteiger partial charge >= 0.3 is 0 Å². The molecule has 1 aromatic carbocycles. The van der Waals surface area contributed by atoms with E-state index in [4.69, 9.17) is 23.9 Å². The van der Waals surface area contributed by atoms with Gasteiger partial charge in [0.25, 0.3) is 0 Å². The number of rotatable bonds is 10. The molecule has 8 heteroatoms. The molecule has 1 aliphatic rings. The summed E-state index contributed by atoms with van der Waals surface area (Å²) in [6.07, 6.45) is 1.06. The van der Waals surface area contributed by atoms with E-state index in [0.29, 0.717) is 23.8 Å². The highest BCUT2D eigenvalue weighted by Crippen LogP contribution is 2.34. The third kappa shape index (κ3) is 6.76. The third-order valence-electron chi connectivity index (χ3n) is 4.60. The minimum absolute atomic E-state index is 0.440. The Kier molecular flexibility index (Phi) is 9.71. The molecule has 0 unspecified atom stereocenters. The van der Waals surface area contributed by atoms with Crippen molar-refractivity contribution in [2.75, 3.05) is 67.3 Å². The van der Waals surface area contributed by atoms with Crippen LogP contribution in [0.4, 0.5) is 0 Å². The normalized spacial score (nSPS) is 15.2. The quantitative estimate of drug-likeness (QED) is 0.354. The zero-order valence-corrected chi connectivity index (χ0v) is 17.5. The van der Waals surface area contributed by atoms with E-state index in [1.807, 2.05) is 12.1 Å². The average Bonchev–Trinajstić information content (AvgIpc) is 2.74. The first kappa shape index (κ1) is 22.1. The van der Waals surface area contributed by atoms with Crippen molar-refractivity contribution in [1.29, 1.82) is 0 Å². The van der Waals surface area contributed by atoms with Crippen LogP contribution in [0.1, 0.15) is 18.9 Å². The largest absolute Gasteiger partial charge is 0.496 e. The highest BCUT2D eigenvalue weighted by Gasteiger charge is 2.13. The van der Waals surface area contributed by atoms with E-state index in [1.165, 1.54) is 0 Å². The summed E-state index contributed by atoms with van der Waals surface area (Å²) in [6, 6.07) is 3.69. The fourth-order valence-electron chi connectivity index (χ4n) is 3.07. The van der Waals surface area contributed by atoms with Gasteiger partial charge in [0, 0.05) is 38.3 Å². The minimum Gasteiger partial charge on any atom is -0.496 e. The maximum atomic E-state index is 5.50. The second-order valence-electron chi connectivity index (χ2n) is 6.44. The Labute approximate surface area is 168 Å². The molecule has 1 aliphatic heterocycles. The molecule has 158 valence electrons.